The van der Waals surface area contributed by atoms with Crippen LogP contribution in [0.15, 0.2) is 0 Å². The molecule has 2 aliphatic rings. The van der Waals surface area contributed by atoms with Crippen LogP contribution in [0.3, 0.4) is 0 Å². The topological polar surface area (TPSA) is 72.9 Å². The van der Waals surface area contributed by atoms with E-state index in [4.69, 9.17) is 5.11 Å². The van der Waals surface area contributed by atoms with E-state index in [1.54, 1.807) is 11.8 Å². The van der Waals surface area contributed by atoms with Crippen LogP contribution < -0.4 is 5.32 Å². The lowest BCUT2D eigenvalue weighted by atomic mass is 10.1. The lowest BCUT2D eigenvalue weighted by Gasteiger charge is -2.32. The van der Waals surface area contributed by atoms with Crippen LogP contribution in [0.4, 0.5) is 4.79 Å². The van der Waals surface area contributed by atoms with Crippen molar-refractivity contribution < 1.29 is 14.7 Å². The molecule has 2 amide bonds. The van der Waals surface area contributed by atoms with Crippen LogP contribution in [0.25, 0.3) is 0 Å². The average molecular weight is 283 g/mol. The molecule has 2 atom stereocenters. The molecule has 1 unspecified atom stereocenters. The molecule has 0 saturated carbocycles. The molecule has 2 rings (SSSR count). The van der Waals surface area contributed by atoms with Gasteiger partial charge in [0.25, 0.3) is 0 Å². The molecule has 2 heterocycles. The van der Waals surface area contributed by atoms with Crippen molar-refractivity contribution >= 4 is 12.0 Å². The number of urea groups is 1. The Labute approximate surface area is 120 Å². The Kier molecular flexibility index (Phi) is 5.23. The summed E-state index contributed by atoms with van der Waals surface area (Å²) in [5, 5.41) is 11.6. The SMILES string of the molecule is CC[C@@H](NC(=O)N1CCC(N2CCCCC2)C1)C(=O)O. The number of aliphatic carboxylic acids is 1. The number of rotatable bonds is 4. The summed E-state index contributed by atoms with van der Waals surface area (Å²) in [6.45, 7) is 5.48. The van der Waals surface area contributed by atoms with Crippen molar-refractivity contribution in [1.29, 1.82) is 0 Å². The largest absolute Gasteiger partial charge is 0.480 e. The molecule has 2 fully saturated rings. The van der Waals surface area contributed by atoms with Crippen LogP contribution in [-0.2, 0) is 4.79 Å². The summed E-state index contributed by atoms with van der Waals surface area (Å²) in [7, 11) is 0. The number of carbonyl (C=O) groups excluding carboxylic acids is 1. The summed E-state index contributed by atoms with van der Waals surface area (Å²) in [5.41, 5.74) is 0. The number of carboxylic acid groups (broad SMARTS) is 1. The van der Waals surface area contributed by atoms with Gasteiger partial charge in [0.2, 0.25) is 0 Å². The molecule has 0 aliphatic carbocycles. The number of hydrogen-bond donors (Lipinski definition) is 2. The molecule has 114 valence electrons. The summed E-state index contributed by atoms with van der Waals surface area (Å²) in [5.74, 6) is -0.965. The molecule has 6 heteroatoms. The zero-order chi connectivity index (χ0) is 14.5. The minimum Gasteiger partial charge on any atom is -0.480 e. The van der Waals surface area contributed by atoms with Gasteiger partial charge >= 0.3 is 12.0 Å². The van der Waals surface area contributed by atoms with Gasteiger partial charge in [0.1, 0.15) is 6.04 Å². The summed E-state index contributed by atoms with van der Waals surface area (Å²) in [6.07, 6.45) is 5.21. The lowest BCUT2D eigenvalue weighted by molar-refractivity contribution is -0.139. The minimum atomic E-state index is -0.965. The van der Waals surface area contributed by atoms with Crippen LogP contribution in [0.1, 0.15) is 39.0 Å². The monoisotopic (exact) mass is 283 g/mol. The van der Waals surface area contributed by atoms with Crippen LogP contribution in [0.5, 0.6) is 0 Å². The summed E-state index contributed by atoms with van der Waals surface area (Å²) in [4.78, 5) is 27.3. The minimum absolute atomic E-state index is 0.237. The number of carbonyl (C=O) groups is 2. The maximum atomic E-state index is 12.1. The van der Waals surface area contributed by atoms with Gasteiger partial charge in [0.05, 0.1) is 0 Å². The fourth-order valence-electron chi connectivity index (χ4n) is 3.09. The molecular weight excluding hydrogens is 258 g/mol. The Morgan fingerprint density at radius 2 is 1.95 bits per heavy atom. The van der Waals surface area contributed by atoms with Gasteiger partial charge in [-0.3, -0.25) is 4.90 Å². The first-order valence-electron chi connectivity index (χ1n) is 7.64. The highest BCUT2D eigenvalue weighted by Gasteiger charge is 2.32. The zero-order valence-electron chi connectivity index (χ0n) is 12.2. The van der Waals surface area contributed by atoms with E-state index in [0.717, 1.165) is 32.6 Å². The third-order valence-electron chi connectivity index (χ3n) is 4.36. The second-order valence-corrected chi connectivity index (χ2v) is 5.73. The van der Waals surface area contributed by atoms with Crippen molar-refractivity contribution in [2.75, 3.05) is 26.2 Å². The van der Waals surface area contributed by atoms with E-state index in [2.05, 4.69) is 10.2 Å². The molecule has 2 aliphatic heterocycles. The molecule has 6 nitrogen and oxygen atoms in total. The summed E-state index contributed by atoms with van der Waals surface area (Å²) >= 11 is 0. The van der Waals surface area contributed by atoms with Crippen molar-refractivity contribution in [3.63, 3.8) is 0 Å². The molecule has 0 radical (unpaired) electrons. The van der Waals surface area contributed by atoms with E-state index in [1.807, 2.05) is 0 Å². The second kappa shape index (κ2) is 6.92. The standard InChI is InChI=1S/C14H25N3O3/c1-2-12(13(18)19)15-14(20)17-9-6-11(10-17)16-7-4-3-5-8-16/h11-12H,2-10H2,1H3,(H,15,20)(H,18,19)/t11?,12-/m1/s1. The summed E-state index contributed by atoms with van der Waals surface area (Å²) in [6, 6.07) is -0.568. The fraction of sp³-hybridized carbons (Fsp3) is 0.857. The second-order valence-electron chi connectivity index (χ2n) is 5.73. The molecule has 2 N–H and O–H groups in total. The van der Waals surface area contributed by atoms with Crippen molar-refractivity contribution in [2.24, 2.45) is 0 Å². The predicted octanol–water partition coefficient (Wildman–Crippen LogP) is 1.12. The Balaban J connectivity index is 1.82. The Hall–Kier alpha value is -1.30. The first-order chi connectivity index (χ1) is 9.61. The van der Waals surface area contributed by atoms with Gasteiger partial charge in [-0.2, -0.15) is 0 Å². The Morgan fingerprint density at radius 3 is 2.55 bits per heavy atom. The number of nitrogens with one attached hydrogen (secondary N) is 1. The molecule has 0 aromatic heterocycles. The van der Waals surface area contributed by atoms with Crippen LogP contribution in [0.2, 0.25) is 0 Å². The van der Waals surface area contributed by atoms with Gasteiger partial charge in [-0.25, -0.2) is 9.59 Å². The van der Waals surface area contributed by atoms with Gasteiger partial charge in [-0.15, -0.1) is 0 Å². The number of hydrogen-bond acceptors (Lipinski definition) is 3. The highest BCUT2D eigenvalue weighted by atomic mass is 16.4. The number of piperidine rings is 1. The number of nitrogens with zero attached hydrogens (tertiary/aromatic N) is 2. The number of carboxylic acids is 1. The Morgan fingerprint density at radius 1 is 1.25 bits per heavy atom. The molecule has 0 bridgehead atoms. The maximum Gasteiger partial charge on any atom is 0.326 e. The third kappa shape index (κ3) is 3.62. The average Bonchev–Trinajstić information content (AvgIpc) is 2.95. The first kappa shape index (κ1) is 15.1. The normalized spacial score (nSPS) is 25.4. The molecule has 20 heavy (non-hydrogen) atoms. The van der Waals surface area contributed by atoms with E-state index in [0.29, 0.717) is 12.5 Å². The van der Waals surface area contributed by atoms with E-state index >= 15 is 0 Å². The van der Waals surface area contributed by atoms with Crippen molar-refractivity contribution in [1.82, 2.24) is 15.1 Å². The van der Waals surface area contributed by atoms with Crippen LogP contribution in [0, 0.1) is 0 Å². The van der Waals surface area contributed by atoms with Crippen LogP contribution in [-0.4, -0.2) is 65.2 Å². The fourth-order valence-corrected chi connectivity index (χ4v) is 3.09. The highest BCUT2D eigenvalue weighted by molar-refractivity contribution is 5.82. The van der Waals surface area contributed by atoms with E-state index in [1.165, 1.54) is 19.3 Å². The third-order valence-corrected chi connectivity index (χ3v) is 4.36. The molecular formula is C14H25N3O3. The van der Waals surface area contributed by atoms with Crippen molar-refractivity contribution in [2.45, 2.75) is 51.1 Å². The van der Waals surface area contributed by atoms with E-state index in [-0.39, 0.29) is 6.03 Å². The zero-order valence-corrected chi connectivity index (χ0v) is 12.2. The van der Waals surface area contributed by atoms with Gasteiger partial charge in [-0.1, -0.05) is 13.3 Å². The van der Waals surface area contributed by atoms with Gasteiger partial charge in [-0.05, 0) is 38.8 Å². The molecule has 0 aromatic rings. The van der Waals surface area contributed by atoms with E-state index < -0.39 is 12.0 Å². The van der Waals surface area contributed by atoms with Crippen molar-refractivity contribution in [3.8, 4) is 0 Å². The van der Waals surface area contributed by atoms with Crippen molar-refractivity contribution in [3.05, 3.63) is 0 Å². The van der Waals surface area contributed by atoms with Gasteiger partial charge < -0.3 is 15.3 Å². The summed E-state index contributed by atoms with van der Waals surface area (Å²) < 4.78 is 0. The Bertz CT molecular complexity index is 356. The quantitative estimate of drug-likeness (QED) is 0.811. The lowest BCUT2D eigenvalue weighted by Crippen LogP contribution is -2.48. The number of amides is 2. The van der Waals surface area contributed by atoms with Crippen LogP contribution >= 0.6 is 0 Å². The molecule has 2 saturated heterocycles. The van der Waals surface area contributed by atoms with Gasteiger partial charge in [0, 0.05) is 19.1 Å². The predicted molar refractivity (Wildman–Crippen MR) is 75.6 cm³/mol. The van der Waals surface area contributed by atoms with E-state index in [9.17, 15) is 9.59 Å². The first-order valence-corrected chi connectivity index (χ1v) is 7.64. The number of likely N-dealkylation sites (tertiary alicyclic amines) is 2. The molecule has 0 spiro atoms. The smallest absolute Gasteiger partial charge is 0.326 e. The highest BCUT2D eigenvalue weighted by Crippen LogP contribution is 2.20. The maximum absolute atomic E-state index is 12.1. The molecule has 0 aromatic carbocycles. The van der Waals surface area contributed by atoms with Gasteiger partial charge in [0.15, 0.2) is 0 Å².